The predicted octanol–water partition coefficient (Wildman–Crippen LogP) is 6.63. The highest BCUT2D eigenvalue weighted by atomic mass is 32.1. The van der Waals surface area contributed by atoms with E-state index in [9.17, 15) is 9.90 Å². The molecule has 114 valence electrons. The van der Waals surface area contributed by atoms with Crippen LogP contribution in [-0.4, -0.2) is 11.1 Å². The van der Waals surface area contributed by atoms with Gasteiger partial charge in [0, 0.05) is 25.8 Å². The molecule has 0 fully saturated rings. The number of thiophene rings is 4. The molecule has 0 saturated heterocycles. The van der Waals surface area contributed by atoms with E-state index in [1.807, 2.05) is 40.4 Å². The summed E-state index contributed by atoms with van der Waals surface area (Å²) in [5.74, 6) is -0.862. The average Bonchev–Trinajstić information content (AvgIpc) is 3.31. The summed E-state index contributed by atoms with van der Waals surface area (Å²) in [6, 6.07) is 12.1. The molecule has 0 atom stereocenters. The van der Waals surface area contributed by atoms with Gasteiger partial charge < -0.3 is 5.11 Å². The Bertz CT molecular complexity index is 929. The van der Waals surface area contributed by atoms with Crippen LogP contribution < -0.4 is 0 Å². The van der Waals surface area contributed by atoms with Crippen LogP contribution in [0.4, 0.5) is 0 Å². The molecule has 0 aliphatic rings. The minimum atomic E-state index is -0.862. The molecule has 0 saturated carbocycles. The Balaban J connectivity index is 2.09. The van der Waals surface area contributed by atoms with Crippen LogP contribution in [0.25, 0.3) is 30.6 Å². The molecule has 23 heavy (non-hydrogen) atoms. The van der Waals surface area contributed by atoms with Crippen molar-refractivity contribution in [2.45, 2.75) is 0 Å². The van der Waals surface area contributed by atoms with Gasteiger partial charge in [0.15, 0.2) is 0 Å². The van der Waals surface area contributed by atoms with Crippen LogP contribution in [0, 0.1) is 0 Å². The quantitative estimate of drug-likeness (QED) is 0.435. The van der Waals surface area contributed by atoms with E-state index in [0.717, 1.165) is 30.6 Å². The monoisotopic (exact) mass is 374 g/mol. The number of aromatic carboxylic acids is 1. The summed E-state index contributed by atoms with van der Waals surface area (Å²) in [7, 11) is 0. The summed E-state index contributed by atoms with van der Waals surface area (Å²) in [6.07, 6.45) is 0. The van der Waals surface area contributed by atoms with E-state index in [2.05, 4.69) is 12.1 Å². The van der Waals surface area contributed by atoms with E-state index in [4.69, 9.17) is 0 Å². The highest BCUT2D eigenvalue weighted by molar-refractivity contribution is 7.24. The lowest BCUT2D eigenvalue weighted by Gasteiger charge is -2.04. The van der Waals surface area contributed by atoms with Crippen LogP contribution >= 0.6 is 45.3 Å². The third-order valence-electron chi connectivity index (χ3n) is 3.38. The number of carbonyl (C=O) groups is 1. The van der Waals surface area contributed by atoms with Crippen molar-refractivity contribution in [1.29, 1.82) is 0 Å². The normalized spacial score (nSPS) is 11.0. The number of hydrogen-bond donors (Lipinski definition) is 1. The van der Waals surface area contributed by atoms with Crippen LogP contribution in [-0.2, 0) is 0 Å². The topological polar surface area (TPSA) is 37.3 Å². The summed E-state index contributed by atoms with van der Waals surface area (Å²) in [5.41, 5.74) is 1.90. The maximum absolute atomic E-state index is 11.8. The Morgan fingerprint density at radius 3 is 1.78 bits per heavy atom. The second kappa shape index (κ2) is 6.05. The van der Waals surface area contributed by atoms with Gasteiger partial charge in [-0.05, 0) is 34.3 Å². The lowest BCUT2D eigenvalue weighted by atomic mass is 10.0. The van der Waals surface area contributed by atoms with Gasteiger partial charge in [0.05, 0.1) is 4.88 Å². The highest BCUT2D eigenvalue weighted by Crippen LogP contribution is 2.50. The molecule has 1 N–H and O–H groups in total. The Morgan fingerprint density at radius 2 is 1.30 bits per heavy atom. The van der Waals surface area contributed by atoms with Gasteiger partial charge in [0.25, 0.3) is 0 Å². The molecular weight excluding hydrogens is 364 g/mol. The van der Waals surface area contributed by atoms with Crippen molar-refractivity contribution in [2.24, 2.45) is 0 Å². The molecule has 4 heterocycles. The van der Waals surface area contributed by atoms with Gasteiger partial charge in [-0.25, -0.2) is 4.79 Å². The highest BCUT2D eigenvalue weighted by Gasteiger charge is 2.26. The van der Waals surface area contributed by atoms with Crippen LogP contribution in [0.2, 0.25) is 0 Å². The van der Waals surface area contributed by atoms with Gasteiger partial charge in [0.1, 0.15) is 4.88 Å². The Morgan fingerprint density at radius 1 is 0.783 bits per heavy atom. The summed E-state index contributed by atoms with van der Waals surface area (Å²) < 4.78 is 0. The van der Waals surface area contributed by atoms with E-state index in [1.54, 1.807) is 34.0 Å². The second-order valence-electron chi connectivity index (χ2n) is 4.75. The van der Waals surface area contributed by atoms with Crippen LogP contribution in [0.1, 0.15) is 9.67 Å². The van der Waals surface area contributed by atoms with E-state index >= 15 is 0 Å². The first-order valence-corrected chi connectivity index (χ1v) is 10.2. The van der Waals surface area contributed by atoms with E-state index in [1.165, 1.54) is 11.3 Å². The summed E-state index contributed by atoms with van der Waals surface area (Å²) >= 11 is 6.24. The molecule has 4 aromatic rings. The van der Waals surface area contributed by atoms with Crippen LogP contribution in [0.15, 0.2) is 52.5 Å². The van der Waals surface area contributed by atoms with E-state index < -0.39 is 5.97 Å². The third kappa shape index (κ3) is 2.57. The fourth-order valence-electron chi connectivity index (χ4n) is 2.47. The summed E-state index contributed by atoms with van der Waals surface area (Å²) in [4.78, 5) is 16.5. The fraction of sp³-hybridized carbons (Fsp3) is 0. The van der Waals surface area contributed by atoms with Crippen molar-refractivity contribution in [1.82, 2.24) is 0 Å². The molecular formula is C17H10O2S4. The molecule has 4 rings (SSSR count). The van der Waals surface area contributed by atoms with E-state index in [-0.39, 0.29) is 0 Å². The van der Waals surface area contributed by atoms with Crippen molar-refractivity contribution >= 4 is 51.3 Å². The lowest BCUT2D eigenvalue weighted by molar-refractivity contribution is 0.0703. The fourth-order valence-corrected chi connectivity index (χ4v) is 6.20. The van der Waals surface area contributed by atoms with Crippen LogP contribution in [0.3, 0.4) is 0 Å². The maximum atomic E-state index is 11.8. The molecule has 0 bridgehead atoms. The van der Waals surface area contributed by atoms with Gasteiger partial charge in [-0.1, -0.05) is 18.2 Å². The Kier molecular flexibility index (Phi) is 3.90. The molecule has 0 aromatic carbocycles. The van der Waals surface area contributed by atoms with Gasteiger partial charge in [-0.15, -0.1) is 45.3 Å². The van der Waals surface area contributed by atoms with Gasteiger partial charge in [-0.2, -0.15) is 0 Å². The van der Waals surface area contributed by atoms with Crippen LogP contribution in [0.5, 0.6) is 0 Å². The molecule has 6 heteroatoms. The van der Waals surface area contributed by atoms with Crippen molar-refractivity contribution in [3.05, 3.63) is 57.4 Å². The first kappa shape index (κ1) is 14.8. The van der Waals surface area contributed by atoms with Crippen molar-refractivity contribution in [3.8, 4) is 30.6 Å². The second-order valence-corrected chi connectivity index (χ2v) is 8.61. The van der Waals surface area contributed by atoms with Gasteiger partial charge in [-0.3, -0.25) is 0 Å². The Hall–Kier alpha value is -1.73. The molecule has 0 aliphatic heterocycles. The number of carboxylic acid groups (broad SMARTS) is 1. The molecule has 0 amide bonds. The number of rotatable bonds is 4. The summed E-state index contributed by atoms with van der Waals surface area (Å²) in [5, 5.41) is 15.8. The van der Waals surface area contributed by atoms with Gasteiger partial charge in [0.2, 0.25) is 0 Å². The summed E-state index contributed by atoms with van der Waals surface area (Å²) in [6.45, 7) is 0. The minimum absolute atomic E-state index is 0.416. The first-order chi connectivity index (χ1) is 11.3. The van der Waals surface area contributed by atoms with Crippen molar-refractivity contribution in [3.63, 3.8) is 0 Å². The first-order valence-electron chi connectivity index (χ1n) is 6.77. The average molecular weight is 375 g/mol. The van der Waals surface area contributed by atoms with Crippen molar-refractivity contribution < 1.29 is 9.90 Å². The molecule has 0 radical (unpaired) electrons. The number of hydrogen-bond acceptors (Lipinski definition) is 5. The predicted molar refractivity (Wildman–Crippen MR) is 101 cm³/mol. The molecule has 0 unspecified atom stereocenters. The standard InChI is InChI=1S/C17H10O2S4/c18-17(19)16-14(11-5-2-8-21-11)13(10-4-1-7-20-10)15(23-16)12-6-3-9-22-12/h1-9H,(H,18,19). The smallest absolute Gasteiger partial charge is 0.346 e. The SMILES string of the molecule is O=C(O)c1sc(-c2cccs2)c(-c2cccs2)c1-c1cccs1. The van der Waals surface area contributed by atoms with Crippen molar-refractivity contribution in [2.75, 3.05) is 0 Å². The van der Waals surface area contributed by atoms with Gasteiger partial charge >= 0.3 is 5.97 Å². The number of carboxylic acids is 1. The zero-order valence-electron chi connectivity index (χ0n) is 11.7. The maximum Gasteiger partial charge on any atom is 0.346 e. The zero-order valence-corrected chi connectivity index (χ0v) is 15.0. The largest absolute Gasteiger partial charge is 0.477 e. The Labute approximate surface area is 148 Å². The molecule has 0 spiro atoms. The zero-order chi connectivity index (χ0) is 15.8. The molecule has 4 aromatic heterocycles. The third-order valence-corrected chi connectivity index (χ3v) is 7.38. The lowest BCUT2D eigenvalue weighted by Crippen LogP contribution is -1.94. The molecule has 0 aliphatic carbocycles. The minimum Gasteiger partial charge on any atom is -0.477 e. The van der Waals surface area contributed by atoms with E-state index in [0.29, 0.717) is 4.88 Å². The molecule has 2 nitrogen and oxygen atoms in total.